The summed E-state index contributed by atoms with van der Waals surface area (Å²) in [6, 6.07) is 2.62. The molecule has 0 fully saturated rings. The second kappa shape index (κ2) is 8.27. The number of carbonyl (C=O) groups is 2. The van der Waals surface area contributed by atoms with E-state index >= 15 is 0 Å². The van der Waals surface area contributed by atoms with E-state index in [1.165, 1.54) is 0 Å². The fourth-order valence-corrected chi connectivity index (χ4v) is 3.80. The van der Waals surface area contributed by atoms with E-state index in [4.69, 9.17) is 9.15 Å². The van der Waals surface area contributed by atoms with Crippen molar-refractivity contribution in [3.63, 3.8) is 0 Å². The molecule has 1 aromatic carbocycles. The van der Waals surface area contributed by atoms with Crippen molar-refractivity contribution in [1.82, 2.24) is 5.32 Å². The van der Waals surface area contributed by atoms with Crippen LogP contribution < -0.4 is 15.7 Å². The van der Waals surface area contributed by atoms with Gasteiger partial charge in [-0.2, -0.15) is 0 Å². The number of ether oxygens (including phenoxy) is 1. The number of amides is 1. The summed E-state index contributed by atoms with van der Waals surface area (Å²) in [6.45, 7) is 7.09. The molecule has 3 atom stereocenters. The molecule has 2 aromatic rings. The van der Waals surface area contributed by atoms with Gasteiger partial charge < -0.3 is 19.6 Å². The number of carboxylic acids is 1. The minimum absolute atomic E-state index is 0.207. The summed E-state index contributed by atoms with van der Waals surface area (Å²) in [5, 5.41) is 12.7. The molecule has 0 saturated heterocycles. The highest BCUT2D eigenvalue weighted by atomic mass is 16.5. The summed E-state index contributed by atoms with van der Waals surface area (Å²) in [5.74, 6) is -1.30. The minimum atomic E-state index is -1.07. The van der Waals surface area contributed by atoms with E-state index < -0.39 is 24.0 Å². The van der Waals surface area contributed by atoms with Gasteiger partial charge in [0.1, 0.15) is 17.4 Å². The SMILES string of the molecule is CCC(C)[C@@H](NC(=O)C(C)Oc1cc(C)cc2oc(=O)c3c(c12)CCC3)C(=O)O. The van der Waals surface area contributed by atoms with E-state index in [0.717, 1.165) is 29.4 Å². The Morgan fingerprint density at radius 2 is 1.93 bits per heavy atom. The number of carbonyl (C=O) groups excluding carboxylic acids is 1. The van der Waals surface area contributed by atoms with Gasteiger partial charge in [0.25, 0.3) is 5.91 Å². The van der Waals surface area contributed by atoms with Gasteiger partial charge >= 0.3 is 11.6 Å². The van der Waals surface area contributed by atoms with Gasteiger partial charge in [-0.05, 0) is 62.3 Å². The molecule has 1 aromatic heterocycles. The monoisotopic (exact) mass is 401 g/mol. The van der Waals surface area contributed by atoms with Gasteiger partial charge in [0.15, 0.2) is 6.10 Å². The van der Waals surface area contributed by atoms with Crippen LogP contribution in [0.4, 0.5) is 0 Å². The van der Waals surface area contributed by atoms with Gasteiger partial charge in [-0.25, -0.2) is 9.59 Å². The van der Waals surface area contributed by atoms with Gasteiger partial charge in [-0.3, -0.25) is 4.79 Å². The standard InChI is InChI=1S/C22H27NO6/c1-5-12(3)19(21(25)26)23-20(24)13(4)28-16-9-11(2)10-17-18(16)14-7-6-8-15(14)22(27)29-17/h9-10,12-13,19H,5-8H2,1-4H3,(H,23,24)(H,25,26)/t12?,13?,19-/m1/s1. The van der Waals surface area contributed by atoms with Crippen LogP contribution in [-0.4, -0.2) is 29.1 Å². The maximum Gasteiger partial charge on any atom is 0.339 e. The molecule has 1 aliphatic carbocycles. The Balaban J connectivity index is 1.91. The Kier molecular flexibility index (Phi) is 5.96. The van der Waals surface area contributed by atoms with Crippen LogP contribution in [0, 0.1) is 12.8 Å². The molecule has 156 valence electrons. The van der Waals surface area contributed by atoms with Gasteiger partial charge in [-0.1, -0.05) is 20.3 Å². The van der Waals surface area contributed by atoms with Gasteiger partial charge in [-0.15, -0.1) is 0 Å². The molecule has 29 heavy (non-hydrogen) atoms. The molecule has 7 heteroatoms. The summed E-state index contributed by atoms with van der Waals surface area (Å²) < 4.78 is 11.5. The number of carboxylic acid groups (broad SMARTS) is 1. The smallest absolute Gasteiger partial charge is 0.339 e. The predicted molar refractivity (Wildman–Crippen MR) is 108 cm³/mol. The van der Waals surface area contributed by atoms with E-state index in [1.807, 2.05) is 19.9 Å². The third-order valence-electron chi connectivity index (χ3n) is 5.63. The molecule has 0 radical (unpaired) electrons. The number of hydrogen-bond acceptors (Lipinski definition) is 5. The van der Waals surface area contributed by atoms with E-state index in [9.17, 15) is 19.5 Å². The van der Waals surface area contributed by atoms with Gasteiger partial charge in [0.2, 0.25) is 0 Å². The molecular weight excluding hydrogens is 374 g/mol. The molecule has 2 unspecified atom stereocenters. The molecule has 0 aliphatic heterocycles. The fraction of sp³-hybridized carbons (Fsp3) is 0.500. The Bertz CT molecular complexity index is 1010. The lowest BCUT2D eigenvalue weighted by Crippen LogP contribution is -2.49. The minimum Gasteiger partial charge on any atom is -0.480 e. The number of hydrogen-bond donors (Lipinski definition) is 2. The van der Waals surface area contributed by atoms with Gasteiger partial charge in [0, 0.05) is 5.56 Å². The Morgan fingerprint density at radius 3 is 2.59 bits per heavy atom. The summed E-state index contributed by atoms with van der Waals surface area (Å²) in [5.41, 5.74) is 2.56. The van der Waals surface area contributed by atoms with E-state index in [1.54, 1.807) is 19.9 Å². The van der Waals surface area contributed by atoms with E-state index in [2.05, 4.69) is 5.32 Å². The predicted octanol–water partition coefficient (Wildman–Crippen LogP) is 2.97. The summed E-state index contributed by atoms with van der Waals surface area (Å²) in [4.78, 5) is 36.3. The van der Waals surface area contributed by atoms with Crippen molar-refractivity contribution in [3.05, 3.63) is 39.2 Å². The van der Waals surface area contributed by atoms with Crippen molar-refractivity contribution >= 4 is 22.8 Å². The summed E-state index contributed by atoms with van der Waals surface area (Å²) in [6.07, 6.45) is 2.02. The third kappa shape index (κ3) is 4.13. The molecule has 1 amide bonds. The average Bonchev–Trinajstić information content (AvgIpc) is 3.14. The van der Waals surface area contributed by atoms with Crippen LogP contribution in [0.1, 0.15) is 50.3 Å². The number of aryl methyl sites for hydroxylation is 2. The highest BCUT2D eigenvalue weighted by Crippen LogP contribution is 2.35. The van der Waals surface area contributed by atoms with Crippen molar-refractivity contribution in [1.29, 1.82) is 0 Å². The Labute approximate surface area is 169 Å². The van der Waals surface area contributed by atoms with Crippen molar-refractivity contribution in [3.8, 4) is 5.75 Å². The van der Waals surface area contributed by atoms with Crippen LogP contribution in [-0.2, 0) is 22.4 Å². The van der Waals surface area contributed by atoms with E-state index in [-0.39, 0.29) is 11.5 Å². The Morgan fingerprint density at radius 1 is 1.24 bits per heavy atom. The molecule has 0 bridgehead atoms. The first-order valence-electron chi connectivity index (χ1n) is 10.0. The van der Waals surface area contributed by atoms with Crippen molar-refractivity contribution < 1.29 is 23.8 Å². The lowest BCUT2D eigenvalue weighted by Gasteiger charge is -2.23. The number of rotatable bonds is 7. The normalized spacial score (nSPS) is 16.1. The number of benzene rings is 1. The second-order valence-corrected chi connectivity index (χ2v) is 7.81. The largest absolute Gasteiger partial charge is 0.480 e. The number of fused-ring (bicyclic) bond motifs is 3. The Hall–Kier alpha value is -2.83. The maximum atomic E-state index is 12.6. The lowest BCUT2D eigenvalue weighted by molar-refractivity contribution is -0.144. The molecular formula is C22H27NO6. The topological polar surface area (TPSA) is 106 Å². The average molecular weight is 401 g/mol. The van der Waals surface area contributed by atoms with Crippen LogP contribution in [0.5, 0.6) is 5.75 Å². The lowest BCUT2D eigenvalue weighted by atomic mass is 9.99. The first-order chi connectivity index (χ1) is 13.7. The quantitative estimate of drug-likeness (QED) is 0.691. The number of nitrogens with one attached hydrogen (secondary N) is 1. The van der Waals surface area contributed by atoms with Crippen LogP contribution >= 0.6 is 0 Å². The maximum absolute atomic E-state index is 12.6. The van der Waals surface area contributed by atoms with Crippen molar-refractivity contribution in [2.45, 2.75) is 65.5 Å². The highest BCUT2D eigenvalue weighted by Gasteiger charge is 2.29. The summed E-state index contributed by atoms with van der Waals surface area (Å²) in [7, 11) is 0. The zero-order valence-corrected chi connectivity index (χ0v) is 17.2. The molecule has 7 nitrogen and oxygen atoms in total. The van der Waals surface area contributed by atoms with Crippen molar-refractivity contribution in [2.24, 2.45) is 5.92 Å². The molecule has 1 heterocycles. The van der Waals surface area contributed by atoms with E-state index in [0.29, 0.717) is 29.7 Å². The third-order valence-corrected chi connectivity index (χ3v) is 5.63. The fourth-order valence-electron chi connectivity index (χ4n) is 3.80. The van der Waals surface area contributed by atoms with Crippen LogP contribution in [0.15, 0.2) is 21.3 Å². The molecule has 2 N–H and O–H groups in total. The van der Waals surface area contributed by atoms with Crippen LogP contribution in [0.25, 0.3) is 11.0 Å². The summed E-state index contributed by atoms with van der Waals surface area (Å²) >= 11 is 0. The zero-order valence-electron chi connectivity index (χ0n) is 17.2. The molecule has 1 aliphatic rings. The zero-order chi connectivity index (χ0) is 21.3. The second-order valence-electron chi connectivity index (χ2n) is 7.81. The van der Waals surface area contributed by atoms with Gasteiger partial charge in [0.05, 0.1) is 5.39 Å². The highest BCUT2D eigenvalue weighted by molar-refractivity contribution is 5.90. The molecule has 0 spiro atoms. The van der Waals surface area contributed by atoms with Crippen LogP contribution in [0.2, 0.25) is 0 Å². The number of aliphatic carboxylic acids is 1. The van der Waals surface area contributed by atoms with Crippen LogP contribution in [0.3, 0.4) is 0 Å². The first-order valence-corrected chi connectivity index (χ1v) is 10.0. The first kappa shape index (κ1) is 20.9. The van der Waals surface area contributed by atoms with Crippen molar-refractivity contribution in [2.75, 3.05) is 0 Å². The molecule has 3 rings (SSSR count). The molecule has 0 saturated carbocycles.